The fraction of sp³-hybridized carbons (Fsp3) is 0.125. The minimum absolute atomic E-state index is 0.109. The zero-order valence-corrected chi connectivity index (χ0v) is 11.2. The topological polar surface area (TPSA) is 54.4 Å². The molecule has 1 aromatic rings. The van der Waals surface area contributed by atoms with Gasteiger partial charge in [0.05, 0.1) is 0 Å². The van der Waals surface area contributed by atoms with E-state index < -0.39 is 12.1 Å². The second-order valence-electron chi connectivity index (χ2n) is 4.63. The van der Waals surface area contributed by atoms with Crippen LogP contribution in [0.5, 0.6) is 0 Å². The highest BCUT2D eigenvalue weighted by molar-refractivity contribution is 6.06. The highest BCUT2D eigenvalue weighted by atomic mass is 19.4. The third-order valence-corrected chi connectivity index (χ3v) is 3.09. The first kappa shape index (κ1) is 15.8. The van der Waals surface area contributed by atoms with Crippen LogP contribution in [0.4, 0.5) is 13.2 Å². The number of carboxylic acids is 1. The molecule has 2 aliphatic carbocycles. The summed E-state index contributed by atoms with van der Waals surface area (Å²) < 4.78 is 31.7. The predicted octanol–water partition coefficient (Wildman–Crippen LogP) is 1.75. The van der Waals surface area contributed by atoms with E-state index in [0.29, 0.717) is 0 Å². The number of halogens is 3. The molecule has 0 spiro atoms. The molecule has 0 atom stereocenters. The number of hydrogen-bond acceptors (Lipinski definition) is 2. The number of carbonyl (C=O) groups excluding carboxylic acids is 1. The molecule has 2 aliphatic rings. The SMILES string of the molecule is O=C(O)C(F)(F)F.O=C1C=CC=c2cc3c(cc21)=CC=CC3. The van der Waals surface area contributed by atoms with Crippen LogP contribution in [-0.4, -0.2) is 23.0 Å². The summed E-state index contributed by atoms with van der Waals surface area (Å²) in [5.41, 5.74) is 2.12. The van der Waals surface area contributed by atoms with Crippen LogP contribution in [0.3, 0.4) is 0 Å². The summed E-state index contributed by atoms with van der Waals surface area (Å²) in [5.74, 6) is -2.65. The first-order valence-electron chi connectivity index (χ1n) is 6.31. The van der Waals surface area contributed by atoms with Gasteiger partial charge in [0.15, 0.2) is 5.78 Å². The highest BCUT2D eigenvalue weighted by Gasteiger charge is 2.38. The molecule has 0 saturated heterocycles. The summed E-state index contributed by atoms with van der Waals surface area (Å²) in [6, 6.07) is 4.11. The molecule has 0 unspecified atom stereocenters. The van der Waals surface area contributed by atoms with Gasteiger partial charge in [-0.3, -0.25) is 4.79 Å². The molecular weight excluding hydrogens is 297 g/mol. The number of benzene rings is 1. The van der Waals surface area contributed by atoms with Crippen LogP contribution in [-0.2, 0) is 11.2 Å². The summed E-state index contributed by atoms with van der Waals surface area (Å²) in [6.07, 6.45) is 7.55. The molecule has 22 heavy (non-hydrogen) atoms. The smallest absolute Gasteiger partial charge is 0.475 e. The van der Waals surface area contributed by atoms with E-state index in [0.717, 1.165) is 17.2 Å². The maximum Gasteiger partial charge on any atom is 0.490 e. The predicted molar refractivity (Wildman–Crippen MR) is 74.6 cm³/mol. The van der Waals surface area contributed by atoms with Crippen molar-refractivity contribution in [1.82, 2.24) is 0 Å². The summed E-state index contributed by atoms with van der Waals surface area (Å²) in [7, 11) is 0. The molecule has 0 radical (unpaired) electrons. The number of carboxylic acid groups (broad SMARTS) is 1. The van der Waals surface area contributed by atoms with E-state index in [1.165, 1.54) is 10.8 Å². The fourth-order valence-corrected chi connectivity index (χ4v) is 2.06. The van der Waals surface area contributed by atoms with Crippen LogP contribution in [0.1, 0.15) is 15.9 Å². The van der Waals surface area contributed by atoms with Crippen LogP contribution < -0.4 is 10.4 Å². The van der Waals surface area contributed by atoms with E-state index >= 15 is 0 Å². The number of ketones is 1. The summed E-state index contributed by atoms with van der Waals surface area (Å²) >= 11 is 0. The Labute approximate surface area is 123 Å². The van der Waals surface area contributed by atoms with E-state index in [2.05, 4.69) is 18.2 Å². The number of fused-ring (bicyclic) bond motifs is 2. The number of rotatable bonds is 0. The Balaban J connectivity index is 0.000000217. The third kappa shape index (κ3) is 3.52. The van der Waals surface area contributed by atoms with Gasteiger partial charge in [0.1, 0.15) is 0 Å². The molecule has 0 aliphatic heterocycles. The van der Waals surface area contributed by atoms with Gasteiger partial charge in [0.25, 0.3) is 0 Å². The minimum atomic E-state index is -5.08. The molecule has 0 aromatic heterocycles. The van der Waals surface area contributed by atoms with Gasteiger partial charge in [0.2, 0.25) is 0 Å². The first-order chi connectivity index (χ1) is 10.3. The molecule has 0 fully saturated rings. The lowest BCUT2D eigenvalue weighted by molar-refractivity contribution is -0.192. The molecule has 0 amide bonds. The average molecular weight is 308 g/mol. The van der Waals surface area contributed by atoms with Gasteiger partial charge in [-0.25, -0.2) is 4.79 Å². The lowest BCUT2D eigenvalue weighted by atomic mass is 9.96. The second-order valence-corrected chi connectivity index (χ2v) is 4.63. The maximum atomic E-state index is 11.6. The van der Waals surface area contributed by atoms with Crippen LogP contribution >= 0.6 is 0 Å². The third-order valence-electron chi connectivity index (χ3n) is 3.09. The van der Waals surface area contributed by atoms with Crippen molar-refractivity contribution in [3.8, 4) is 0 Å². The molecule has 114 valence electrons. The van der Waals surface area contributed by atoms with Gasteiger partial charge in [-0.1, -0.05) is 36.4 Å². The summed E-state index contributed by atoms with van der Waals surface area (Å²) in [6.45, 7) is 0. The van der Waals surface area contributed by atoms with Gasteiger partial charge in [0, 0.05) is 5.56 Å². The number of allylic oxidation sites excluding steroid dienone is 4. The van der Waals surface area contributed by atoms with Gasteiger partial charge < -0.3 is 5.11 Å². The van der Waals surface area contributed by atoms with Crippen molar-refractivity contribution in [1.29, 1.82) is 0 Å². The Morgan fingerprint density at radius 2 is 1.73 bits per heavy atom. The van der Waals surface area contributed by atoms with Crippen LogP contribution in [0.15, 0.2) is 36.4 Å². The molecule has 1 aromatic carbocycles. The van der Waals surface area contributed by atoms with E-state index in [1.807, 2.05) is 24.3 Å². The minimum Gasteiger partial charge on any atom is -0.475 e. The van der Waals surface area contributed by atoms with Crippen molar-refractivity contribution in [3.05, 3.63) is 58.0 Å². The second kappa shape index (κ2) is 6.01. The molecular formula is C16H11F3O3. The summed E-state index contributed by atoms with van der Waals surface area (Å²) in [5, 5.41) is 9.35. The van der Waals surface area contributed by atoms with Gasteiger partial charge in [-0.05, 0) is 34.6 Å². The van der Waals surface area contributed by atoms with Crippen LogP contribution in [0.2, 0.25) is 0 Å². The molecule has 6 heteroatoms. The molecule has 0 heterocycles. The van der Waals surface area contributed by atoms with E-state index in [1.54, 1.807) is 6.08 Å². The zero-order chi connectivity index (χ0) is 16.3. The van der Waals surface area contributed by atoms with E-state index in [-0.39, 0.29) is 5.78 Å². The van der Waals surface area contributed by atoms with Gasteiger partial charge in [-0.2, -0.15) is 13.2 Å². The lowest BCUT2D eigenvalue weighted by Crippen LogP contribution is -2.24. The average Bonchev–Trinajstić information content (AvgIpc) is 2.45. The zero-order valence-electron chi connectivity index (χ0n) is 11.2. The molecule has 0 bridgehead atoms. The monoisotopic (exact) mass is 308 g/mol. The number of alkyl halides is 3. The van der Waals surface area contributed by atoms with Gasteiger partial charge in [-0.15, -0.1) is 0 Å². The van der Waals surface area contributed by atoms with Crippen molar-refractivity contribution in [3.63, 3.8) is 0 Å². The molecule has 3 rings (SSSR count). The van der Waals surface area contributed by atoms with E-state index in [9.17, 15) is 18.0 Å². The molecule has 3 nitrogen and oxygen atoms in total. The fourth-order valence-electron chi connectivity index (χ4n) is 2.06. The number of carbonyl (C=O) groups is 2. The largest absolute Gasteiger partial charge is 0.490 e. The normalized spacial score (nSPS) is 14.8. The lowest BCUT2D eigenvalue weighted by Gasteiger charge is -2.08. The Morgan fingerprint density at radius 3 is 2.36 bits per heavy atom. The Bertz CT molecular complexity index is 799. The Morgan fingerprint density at radius 1 is 1.09 bits per heavy atom. The van der Waals surface area contributed by atoms with Crippen molar-refractivity contribution >= 4 is 23.9 Å². The van der Waals surface area contributed by atoms with E-state index in [4.69, 9.17) is 9.90 Å². The van der Waals surface area contributed by atoms with Crippen molar-refractivity contribution in [2.24, 2.45) is 0 Å². The van der Waals surface area contributed by atoms with Crippen molar-refractivity contribution in [2.45, 2.75) is 12.6 Å². The molecule has 0 saturated carbocycles. The summed E-state index contributed by atoms with van der Waals surface area (Å²) in [4.78, 5) is 20.5. The van der Waals surface area contributed by atoms with Crippen LogP contribution in [0, 0.1) is 0 Å². The Hall–Kier alpha value is -2.63. The van der Waals surface area contributed by atoms with Crippen molar-refractivity contribution < 1.29 is 27.9 Å². The highest BCUT2D eigenvalue weighted by Crippen LogP contribution is 2.13. The molecule has 1 N–H and O–H groups in total. The Kier molecular flexibility index (Phi) is 4.30. The van der Waals surface area contributed by atoms with Crippen molar-refractivity contribution in [2.75, 3.05) is 0 Å². The van der Waals surface area contributed by atoms with Crippen LogP contribution in [0.25, 0.3) is 12.2 Å². The maximum absolute atomic E-state index is 11.6. The quantitative estimate of drug-likeness (QED) is 0.794. The number of hydrogen-bond donors (Lipinski definition) is 1. The first-order valence-corrected chi connectivity index (χ1v) is 6.31. The van der Waals surface area contributed by atoms with Gasteiger partial charge >= 0.3 is 12.1 Å². The number of aliphatic carboxylic acids is 1. The standard InChI is InChI=1S/C14H10O.C2HF3O2/c15-14-7-3-6-12-8-10-4-1-2-5-11(10)9-13(12)14;3-2(4,5)1(6)7/h1-3,5-9H,4H2;(H,6,7).